The minimum atomic E-state index is -4.31. The van der Waals surface area contributed by atoms with E-state index in [-0.39, 0.29) is 35.5 Å². The van der Waals surface area contributed by atoms with E-state index in [0.717, 1.165) is 66.2 Å². The highest BCUT2D eigenvalue weighted by Crippen LogP contribution is 2.29. The lowest BCUT2D eigenvalue weighted by Gasteiger charge is -2.34. The van der Waals surface area contributed by atoms with Crippen LogP contribution in [0.25, 0.3) is 0 Å². The van der Waals surface area contributed by atoms with Crippen molar-refractivity contribution in [3.8, 4) is 0 Å². The number of aryl methyl sites for hydroxylation is 1. The standard InChI is InChI=1S/C32H36Cl2FN3O4S/c1-3-30(32(40)36-24-8-5-4-6-9-24)37(20-27-28(33)10-7-11-29(27)34)31(39)21-38(25-16-12-22(2)13-17-25)43(41,42)26-18-14-23(35)15-19-26/h7,10-19,24,30H,3-6,8-9,20-21H2,1-2H3,(H,36,40)/t30-/m0/s1. The molecule has 3 aromatic rings. The molecule has 1 atom stereocenters. The zero-order valence-corrected chi connectivity index (χ0v) is 26.6. The predicted molar refractivity (Wildman–Crippen MR) is 168 cm³/mol. The lowest BCUT2D eigenvalue weighted by atomic mass is 9.95. The first-order valence-electron chi connectivity index (χ1n) is 14.4. The van der Waals surface area contributed by atoms with Gasteiger partial charge >= 0.3 is 0 Å². The van der Waals surface area contributed by atoms with Crippen molar-refractivity contribution in [2.24, 2.45) is 0 Å². The number of carbonyl (C=O) groups excluding carboxylic acids is 2. The molecule has 1 aliphatic rings. The number of benzene rings is 3. The summed E-state index contributed by atoms with van der Waals surface area (Å²) in [6.45, 7) is 2.94. The zero-order valence-electron chi connectivity index (χ0n) is 24.2. The van der Waals surface area contributed by atoms with Crippen LogP contribution in [0.2, 0.25) is 10.0 Å². The maximum atomic E-state index is 14.2. The van der Waals surface area contributed by atoms with Crippen molar-refractivity contribution in [1.29, 1.82) is 0 Å². The van der Waals surface area contributed by atoms with Gasteiger partial charge in [0.1, 0.15) is 18.4 Å². The van der Waals surface area contributed by atoms with E-state index in [4.69, 9.17) is 23.2 Å². The molecule has 0 bridgehead atoms. The number of hydrogen-bond donors (Lipinski definition) is 1. The van der Waals surface area contributed by atoms with Crippen LogP contribution in [0.4, 0.5) is 10.1 Å². The molecule has 0 heterocycles. The Morgan fingerprint density at radius 3 is 2.14 bits per heavy atom. The quantitative estimate of drug-likeness (QED) is 0.245. The van der Waals surface area contributed by atoms with Gasteiger partial charge in [-0.2, -0.15) is 0 Å². The highest BCUT2D eigenvalue weighted by molar-refractivity contribution is 7.92. The van der Waals surface area contributed by atoms with Gasteiger partial charge in [0.05, 0.1) is 10.6 Å². The maximum Gasteiger partial charge on any atom is 0.264 e. The fourth-order valence-electron chi connectivity index (χ4n) is 5.29. The van der Waals surface area contributed by atoms with Crippen molar-refractivity contribution in [1.82, 2.24) is 10.2 Å². The Kier molecular flexibility index (Phi) is 11.1. The first-order chi connectivity index (χ1) is 20.5. The molecule has 0 spiro atoms. The first kappa shape index (κ1) is 32.8. The van der Waals surface area contributed by atoms with Crippen molar-refractivity contribution in [2.75, 3.05) is 10.8 Å². The Morgan fingerprint density at radius 2 is 1.56 bits per heavy atom. The van der Waals surface area contributed by atoms with Gasteiger partial charge in [-0.05, 0) is 74.7 Å². The Hall–Kier alpha value is -3.14. The molecule has 3 aromatic carbocycles. The van der Waals surface area contributed by atoms with Crippen LogP contribution in [-0.4, -0.2) is 43.8 Å². The Bertz CT molecular complexity index is 1510. The summed E-state index contributed by atoms with van der Waals surface area (Å²) in [5.41, 5.74) is 1.60. The SMILES string of the molecule is CC[C@@H](C(=O)NC1CCCCC1)N(Cc1c(Cl)cccc1Cl)C(=O)CN(c1ccc(C)cc1)S(=O)(=O)c1ccc(F)cc1. The summed E-state index contributed by atoms with van der Waals surface area (Å²) in [7, 11) is -4.31. The van der Waals surface area contributed by atoms with E-state index in [0.29, 0.717) is 15.6 Å². The van der Waals surface area contributed by atoms with Gasteiger partial charge in [-0.25, -0.2) is 12.8 Å². The van der Waals surface area contributed by atoms with Gasteiger partial charge in [-0.3, -0.25) is 13.9 Å². The normalized spacial score (nSPS) is 14.6. The fourth-order valence-corrected chi connectivity index (χ4v) is 7.22. The number of sulfonamides is 1. The first-order valence-corrected chi connectivity index (χ1v) is 16.6. The van der Waals surface area contributed by atoms with Crippen LogP contribution in [-0.2, 0) is 26.2 Å². The summed E-state index contributed by atoms with van der Waals surface area (Å²) >= 11 is 13.0. The topological polar surface area (TPSA) is 86.8 Å². The second kappa shape index (κ2) is 14.6. The smallest absolute Gasteiger partial charge is 0.264 e. The number of carbonyl (C=O) groups is 2. The molecule has 230 valence electrons. The van der Waals surface area contributed by atoms with Crippen molar-refractivity contribution in [2.45, 2.75) is 75.9 Å². The predicted octanol–water partition coefficient (Wildman–Crippen LogP) is 6.89. The molecular formula is C32H36Cl2FN3O4S. The van der Waals surface area contributed by atoms with E-state index in [1.807, 2.05) is 6.92 Å². The van der Waals surface area contributed by atoms with Crippen molar-refractivity contribution >= 4 is 50.7 Å². The van der Waals surface area contributed by atoms with Gasteiger partial charge in [-0.15, -0.1) is 0 Å². The largest absolute Gasteiger partial charge is 0.352 e. The van der Waals surface area contributed by atoms with Crippen LogP contribution in [0, 0.1) is 12.7 Å². The highest BCUT2D eigenvalue weighted by atomic mass is 35.5. The number of nitrogens with one attached hydrogen (secondary N) is 1. The average Bonchev–Trinajstić information content (AvgIpc) is 2.98. The lowest BCUT2D eigenvalue weighted by Crippen LogP contribution is -2.54. The van der Waals surface area contributed by atoms with E-state index >= 15 is 0 Å². The Morgan fingerprint density at radius 1 is 0.953 bits per heavy atom. The summed E-state index contributed by atoms with van der Waals surface area (Å²) in [4.78, 5) is 29.1. The van der Waals surface area contributed by atoms with Crippen molar-refractivity contribution < 1.29 is 22.4 Å². The zero-order chi connectivity index (χ0) is 31.1. The van der Waals surface area contributed by atoms with Crippen molar-refractivity contribution in [3.63, 3.8) is 0 Å². The van der Waals surface area contributed by atoms with Gasteiger partial charge in [0.25, 0.3) is 10.0 Å². The van der Waals surface area contributed by atoms with E-state index in [1.54, 1.807) is 49.4 Å². The van der Waals surface area contributed by atoms with Gasteiger partial charge in [-0.1, -0.05) is 73.2 Å². The summed E-state index contributed by atoms with van der Waals surface area (Å²) in [6.07, 6.45) is 5.17. The number of rotatable bonds is 11. The summed E-state index contributed by atoms with van der Waals surface area (Å²) < 4.78 is 42.5. The molecule has 1 aliphatic carbocycles. The molecule has 0 unspecified atom stereocenters. The molecule has 0 saturated heterocycles. The number of anilines is 1. The molecule has 11 heteroatoms. The monoisotopic (exact) mass is 647 g/mol. The number of halogens is 3. The molecule has 43 heavy (non-hydrogen) atoms. The highest BCUT2D eigenvalue weighted by Gasteiger charge is 2.35. The Balaban J connectivity index is 1.73. The summed E-state index contributed by atoms with van der Waals surface area (Å²) in [6, 6.07) is 15.2. The van der Waals surface area contributed by atoms with Gasteiger partial charge in [0, 0.05) is 28.2 Å². The third-order valence-corrected chi connectivity index (χ3v) is 10.2. The molecule has 0 aromatic heterocycles. The minimum absolute atomic E-state index is 0.0130. The van der Waals surface area contributed by atoms with Crippen LogP contribution in [0.1, 0.15) is 56.6 Å². The summed E-state index contributed by atoms with van der Waals surface area (Å²) in [5.74, 6) is -1.52. The van der Waals surface area contributed by atoms with Crippen LogP contribution < -0.4 is 9.62 Å². The average molecular weight is 649 g/mol. The molecule has 2 amide bonds. The molecule has 1 fully saturated rings. The molecule has 1 N–H and O–H groups in total. The van der Waals surface area contributed by atoms with Crippen LogP contribution in [0.5, 0.6) is 0 Å². The van der Waals surface area contributed by atoms with E-state index in [9.17, 15) is 22.4 Å². The van der Waals surface area contributed by atoms with Crippen LogP contribution in [0.15, 0.2) is 71.6 Å². The van der Waals surface area contributed by atoms with Crippen LogP contribution in [0.3, 0.4) is 0 Å². The maximum absolute atomic E-state index is 14.2. The number of hydrogen-bond acceptors (Lipinski definition) is 4. The third kappa shape index (κ3) is 8.08. The Labute approximate surface area is 263 Å². The number of amides is 2. The van der Waals surface area contributed by atoms with Crippen LogP contribution >= 0.6 is 23.2 Å². The molecule has 0 radical (unpaired) electrons. The minimum Gasteiger partial charge on any atom is -0.352 e. The summed E-state index contributed by atoms with van der Waals surface area (Å²) in [5, 5.41) is 3.75. The van der Waals surface area contributed by atoms with E-state index in [1.165, 1.54) is 4.90 Å². The fraction of sp³-hybridized carbons (Fsp3) is 0.375. The second-order valence-electron chi connectivity index (χ2n) is 10.8. The van der Waals surface area contributed by atoms with Gasteiger partial charge in [0.2, 0.25) is 11.8 Å². The molecular weight excluding hydrogens is 612 g/mol. The molecule has 4 rings (SSSR count). The molecule has 0 aliphatic heterocycles. The third-order valence-electron chi connectivity index (χ3n) is 7.73. The lowest BCUT2D eigenvalue weighted by molar-refractivity contribution is -0.140. The van der Waals surface area contributed by atoms with Gasteiger partial charge < -0.3 is 10.2 Å². The second-order valence-corrected chi connectivity index (χ2v) is 13.5. The molecule has 1 saturated carbocycles. The van der Waals surface area contributed by atoms with Gasteiger partial charge in [0.15, 0.2) is 0 Å². The van der Waals surface area contributed by atoms with E-state index in [2.05, 4.69) is 5.32 Å². The number of nitrogens with zero attached hydrogens (tertiary/aromatic N) is 2. The van der Waals surface area contributed by atoms with Crippen molar-refractivity contribution in [3.05, 3.63) is 93.7 Å². The van der Waals surface area contributed by atoms with E-state index < -0.39 is 34.3 Å². The molecule has 7 nitrogen and oxygen atoms in total.